The zero-order valence-electron chi connectivity index (χ0n) is 28.6. The predicted molar refractivity (Wildman–Crippen MR) is 187 cm³/mol. The second-order valence-electron chi connectivity index (χ2n) is 15.5. The van der Waals surface area contributed by atoms with Crippen molar-refractivity contribution in [2.24, 2.45) is 11.3 Å². The SMILES string of the molecule is CCS(=O)(=O)NC(=O)c1ccc2c(C3CCCCC3)c3n(c2c1)CC1(C(=O)N2C[C@H]4C[C@@H]2CN4CC(C)C)C[C@H]1c1cc(OC)ccc1-3. The molecule has 4 atom stereocenters. The largest absolute Gasteiger partial charge is 0.497 e. The molecule has 3 aromatic rings. The van der Waals surface area contributed by atoms with Crippen LogP contribution in [0.3, 0.4) is 0 Å². The van der Waals surface area contributed by atoms with Gasteiger partial charge in [0.1, 0.15) is 5.75 Å². The van der Waals surface area contributed by atoms with Crippen LogP contribution in [0.5, 0.6) is 5.75 Å². The van der Waals surface area contributed by atoms with E-state index in [1.807, 2.05) is 18.2 Å². The van der Waals surface area contributed by atoms with Crippen LogP contribution in [0.15, 0.2) is 36.4 Å². The van der Waals surface area contributed by atoms with E-state index in [0.717, 1.165) is 73.2 Å². The van der Waals surface area contributed by atoms with Crippen molar-refractivity contribution in [1.29, 1.82) is 0 Å². The molecule has 8 rings (SSSR count). The van der Waals surface area contributed by atoms with Gasteiger partial charge in [0, 0.05) is 66.2 Å². The summed E-state index contributed by atoms with van der Waals surface area (Å²) < 4.78 is 35.0. The van der Waals surface area contributed by atoms with Gasteiger partial charge in [0.05, 0.1) is 24.0 Å². The van der Waals surface area contributed by atoms with E-state index in [-0.39, 0.29) is 23.6 Å². The lowest BCUT2D eigenvalue weighted by Crippen LogP contribution is -2.52. The molecule has 4 fully saturated rings. The number of carbonyl (C=O) groups excluding carboxylic acids is 2. The lowest BCUT2D eigenvalue weighted by molar-refractivity contribution is -0.140. The van der Waals surface area contributed by atoms with Crippen LogP contribution >= 0.6 is 0 Å². The van der Waals surface area contributed by atoms with Crippen LogP contribution in [-0.4, -0.2) is 79.2 Å². The fourth-order valence-corrected chi connectivity index (χ4v) is 10.2. The topological polar surface area (TPSA) is 101 Å². The Kier molecular flexibility index (Phi) is 7.71. The average molecular weight is 673 g/mol. The van der Waals surface area contributed by atoms with Crippen LogP contribution in [-0.2, 0) is 21.4 Å². The van der Waals surface area contributed by atoms with Crippen molar-refractivity contribution in [2.45, 2.75) is 96.2 Å². The first-order chi connectivity index (χ1) is 23.0. The number of nitrogens with one attached hydrogen (secondary N) is 1. The minimum Gasteiger partial charge on any atom is -0.497 e. The number of methoxy groups -OCH3 is 1. The van der Waals surface area contributed by atoms with Gasteiger partial charge in [-0.05, 0) is 85.9 Å². The monoisotopic (exact) mass is 672 g/mol. The molecule has 0 radical (unpaired) electrons. The third-order valence-corrected chi connectivity index (χ3v) is 13.3. The number of hydrogen-bond acceptors (Lipinski definition) is 6. The highest BCUT2D eigenvalue weighted by Crippen LogP contribution is 2.66. The number of sulfonamides is 1. The molecule has 4 heterocycles. The minimum absolute atomic E-state index is 0.0799. The van der Waals surface area contributed by atoms with Crippen LogP contribution in [0, 0.1) is 11.3 Å². The summed E-state index contributed by atoms with van der Waals surface area (Å²) in [6.07, 6.45) is 7.63. The van der Waals surface area contributed by atoms with Crippen molar-refractivity contribution in [3.63, 3.8) is 0 Å². The molecular formula is C38H48N4O5S. The highest BCUT2D eigenvalue weighted by atomic mass is 32.2. The van der Waals surface area contributed by atoms with Gasteiger partial charge in [-0.2, -0.15) is 0 Å². The van der Waals surface area contributed by atoms with Gasteiger partial charge in [0.25, 0.3) is 5.91 Å². The Morgan fingerprint density at radius 2 is 1.83 bits per heavy atom. The van der Waals surface area contributed by atoms with E-state index in [0.29, 0.717) is 30.0 Å². The number of hydrogen-bond donors (Lipinski definition) is 1. The molecule has 3 aliphatic heterocycles. The number of rotatable bonds is 8. The highest BCUT2D eigenvalue weighted by Gasteiger charge is 2.65. The van der Waals surface area contributed by atoms with E-state index < -0.39 is 21.3 Å². The number of fused-ring (bicyclic) bond motifs is 9. The maximum atomic E-state index is 15.0. The van der Waals surface area contributed by atoms with Crippen molar-refractivity contribution in [3.8, 4) is 17.0 Å². The standard InChI is InChI=1S/C38H48N4O5S/c1-5-48(45,46)39-36(43)25-11-13-30-33(15-25)42-22-38(37(44)41-21-26-16-27(41)20-40(26)19-23(2)3)18-32(38)31-17-28(47-4)12-14-29(31)35(42)34(30)24-9-7-6-8-10-24/h11-15,17,23-24,26-27,32H,5-10,16,18-22H2,1-4H3,(H,39,43)/t26-,27-,32+,38?/m1/s1. The highest BCUT2D eigenvalue weighted by molar-refractivity contribution is 7.90. The van der Waals surface area contributed by atoms with Gasteiger partial charge in [0.2, 0.25) is 15.9 Å². The third kappa shape index (κ3) is 5.08. The van der Waals surface area contributed by atoms with Crippen molar-refractivity contribution >= 4 is 32.7 Å². The summed E-state index contributed by atoms with van der Waals surface area (Å²) >= 11 is 0. The Morgan fingerprint density at radius 1 is 1.04 bits per heavy atom. The van der Waals surface area contributed by atoms with Gasteiger partial charge in [-0.3, -0.25) is 14.5 Å². The molecule has 0 spiro atoms. The maximum absolute atomic E-state index is 15.0. The number of benzene rings is 2. The van der Waals surface area contributed by atoms with Gasteiger partial charge >= 0.3 is 0 Å². The van der Waals surface area contributed by atoms with Crippen LogP contribution < -0.4 is 9.46 Å². The number of likely N-dealkylation sites (tertiary alicyclic amines) is 2. The van der Waals surface area contributed by atoms with E-state index in [1.165, 1.54) is 37.3 Å². The molecule has 2 saturated heterocycles. The molecule has 2 amide bonds. The molecule has 48 heavy (non-hydrogen) atoms. The van der Waals surface area contributed by atoms with Crippen LogP contribution in [0.2, 0.25) is 0 Å². The molecule has 1 unspecified atom stereocenters. The van der Waals surface area contributed by atoms with Crippen molar-refractivity contribution in [2.75, 3.05) is 32.5 Å². The molecule has 9 nitrogen and oxygen atoms in total. The van der Waals surface area contributed by atoms with Crippen LogP contribution in [0.25, 0.3) is 22.2 Å². The minimum atomic E-state index is -3.72. The predicted octanol–water partition coefficient (Wildman–Crippen LogP) is 5.87. The summed E-state index contributed by atoms with van der Waals surface area (Å²) in [7, 11) is -2.02. The second kappa shape index (κ2) is 11.6. The Hall–Kier alpha value is -3.37. The maximum Gasteiger partial charge on any atom is 0.264 e. The molecule has 10 heteroatoms. The van der Waals surface area contributed by atoms with E-state index in [1.54, 1.807) is 13.2 Å². The second-order valence-corrected chi connectivity index (χ2v) is 17.5. The van der Waals surface area contributed by atoms with Gasteiger partial charge in [0.15, 0.2) is 0 Å². The van der Waals surface area contributed by atoms with Gasteiger partial charge < -0.3 is 14.2 Å². The normalized spacial score (nSPS) is 26.7. The Balaban J connectivity index is 1.27. The van der Waals surface area contributed by atoms with Crippen LogP contribution in [0.1, 0.15) is 99.0 Å². The quantitative estimate of drug-likeness (QED) is 0.321. The van der Waals surface area contributed by atoms with Gasteiger partial charge in [-0.25, -0.2) is 13.1 Å². The number of ether oxygens (including phenoxy) is 1. The number of piperazine rings is 1. The summed E-state index contributed by atoms with van der Waals surface area (Å²) in [5.41, 5.74) is 5.41. The summed E-state index contributed by atoms with van der Waals surface area (Å²) in [4.78, 5) is 33.0. The molecule has 1 N–H and O–H groups in total. The van der Waals surface area contributed by atoms with Gasteiger partial charge in [-0.1, -0.05) is 39.2 Å². The summed E-state index contributed by atoms with van der Waals surface area (Å²) in [6, 6.07) is 12.7. The van der Waals surface area contributed by atoms with E-state index in [4.69, 9.17) is 4.74 Å². The Bertz CT molecular complexity index is 1910. The Labute approximate surface area is 284 Å². The lowest BCUT2D eigenvalue weighted by Gasteiger charge is -2.37. The lowest BCUT2D eigenvalue weighted by atomic mass is 9.81. The fourth-order valence-electron chi connectivity index (χ4n) is 9.67. The molecule has 256 valence electrons. The first-order valence-corrected chi connectivity index (χ1v) is 19.6. The number of aromatic nitrogens is 1. The number of carbonyl (C=O) groups is 2. The first kappa shape index (κ1) is 31.9. The smallest absolute Gasteiger partial charge is 0.264 e. The van der Waals surface area contributed by atoms with Gasteiger partial charge in [-0.15, -0.1) is 0 Å². The van der Waals surface area contributed by atoms with E-state index in [2.05, 4.69) is 45.1 Å². The zero-order chi connectivity index (χ0) is 33.5. The molecular weight excluding hydrogens is 625 g/mol. The molecule has 2 aromatic carbocycles. The third-order valence-electron chi connectivity index (χ3n) is 12.1. The molecule has 2 bridgehead atoms. The van der Waals surface area contributed by atoms with E-state index in [9.17, 15) is 18.0 Å². The fraction of sp³-hybridized carbons (Fsp3) is 0.579. The molecule has 2 aliphatic carbocycles. The summed E-state index contributed by atoms with van der Waals surface area (Å²) in [5, 5.41) is 1.10. The van der Waals surface area contributed by atoms with Crippen LogP contribution in [0.4, 0.5) is 0 Å². The number of amides is 2. The number of nitrogens with zero attached hydrogens (tertiary/aromatic N) is 3. The Morgan fingerprint density at radius 3 is 2.52 bits per heavy atom. The van der Waals surface area contributed by atoms with Crippen molar-refractivity contribution in [3.05, 3.63) is 53.1 Å². The summed E-state index contributed by atoms with van der Waals surface area (Å²) in [5.74, 6) is 1.31. The first-order valence-electron chi connectivity index (χ1n) is 18.0. The average Bonchev–Trinajstić information content (AvgIpc) is 3.31. The molecule has 2 saturated carbocycles. The molecule has 5 aliphatic rings. The van der Waals surface area contributed by atoms with E-state index >= 15 is 0 Å². The van der Waals surface area contributed by atoms with Crippen molar-refractivity contribution in [1.82, 2.24) is 19.1 Å². The van der Waals surface area contributed by atoms with Crippen molar-refractivity contribution < 1.29 is 22.7 Å². The zero-order valence-corrected chi connectivity index (χ0v) is 29.4. The summed E-state index contributed by atoms with van der Waals surface area (Å²) in [6.45, 7) is 9.39. The molecule has 1 aromatic heterocycles.